The fourth-order valence-corrected chi connectivity index (χ4v) is 2.51. The zero-order valence-corrected chi connectivity index (χ0v) is 11.8. The molecule has 5 nitrogen and oxygen atoms in total. The van der Waals surface area contributed by atoms with Crippen LogP contribution in [-0.2, 0) is 4.79 Å². The van der Waals surface area contributed by atoms with Crippen molar-refractivity contribution in [1.29, 1.82) is 0 Å². The highest BCUT2D eigenvalue weighted by molar-refractivity contribution is 5.99. The lowest BCUT2D eigenvalue weighted by molar-refractivity contribution is -0.128. The number of amides is 3. The fraction of sp³-hybridized carbons (Fsp3) is 0.250. The van der Waals surface area contributed by atoms with Gasteiger partial charge >= 0.3 is 6.03 Å². The van der Waals surface area contributed by atoms with Gasteiger partial charge in [0, 0.05) is 18.8 Å². The van der Waals surface area contributed by atoms with E-state index in [1.54, 1.807) is 6.92 Å². The third-order valence-corrected chi connectivity index (χ3v) is 3.63. The number of nitrogens with one attached hydrogen (secondary N) is 2. The van der Waals surface area contributed by atoms with Crippen LogP contribution < -0.4 is 10.6 Å². The predicted octanol–water partition coefficient (Wildman–Crippen LogP) is 2.19. The van der Waals surface area contributed by atoms with Gasteiger partial charge in [0.25, 0.3) is 5.91 Å². The molecule has 2 N–H and O–H groups in total. The smallest absolute Gasteiger partial charge is 0.324 e. The zero-order chi connectivity index (χ0) is 14.8. The highest BCUT2D eigenvalue weighted by Gasteiger charge is 2.29. The minimum Gasteiger partial charge on any atom is -0.374 e. The summed E-state index contributed by atoms with van der Waals surface area (Å²) in [5.74, 6) is -0.210. The normalized spacial score (nSPS) is 15.9. The first-order valence-electron chi connectivity index (χ1n) is 7.00. The van der Waals surface area contributed by atoms with E-state index in [0.29, 0.717) is 13.1 Å². The summed E-state index contributed by atoms with van der Waals surface area (Å²) in [6.45, 7) is 2.72. The van der Waals surface area contributed by atoms with Gasteiger partial charge in [0.05, 0.1) is 0 Å². The molecular formula is C16H17N3O2. The predicted molar refractivity (Wildman–Crippen MR) is 82.1 cm³/mol. The van der Waals surface area contributed by atoms with Gasteiger partial charge in [-0.3, -0.25) is 9.69 Å². The SMILES string of the molecule is C[C@@H](Nc1ccc2ccccc2c1)C(=O)N1CCNC1=O. The molecule has 1 aliphatic rings. The van der Waals surface area contributed by atoms with E-state index < -0.39 is 6.04 Å². The molecule has 0 spiro atoms. The number of urea groups is 1. The van der Waals surface area contributed by atoms with Crippen LogP contribution in [0.1, 0.15) is 6.92 Å². The Morgan fingerprint density at radius 1 is 1.24 bits per heavy atom. The van der Waals surface area contributed by atoms with Crippen LogP contribution in [0.2, 0.25) is 0 Å². The number of benzene rings is 2. The number of carbonyl (C=O) groups excluding carboxylic acids is 2. The van der Waals surface area contributed by atoms with Crippen LogP contribution in [0.4, 0.5) is 10.5 Å². The van der Waals surface area contributed by atoms with Gasteiger partial charge in [0.1, 0.15) is 6.04 Å². The lowest BCUT2D eigenvalue weighted by atomic mass is 10.1. The van der Waals surface area contributed by atoms with E-state index in [2.05, 4.69) is 10.6 Å². The maximum atomic E-state index is 12.2. The van der Waals surface area contributed by atoms with Gasteiger partial charge in [-0.1, -0.05) is 30.3 Å². The van der Waals surface area contributed by atoms with Crippen molar-refractivity contribution in [3.05, 3.63) is 42.5 Å². The summed E-state index contributed by atoms with van der Waals surface area (Å²) in [6.07, 6.45) is 0. The minimum atomic E-state index is -0.449. The van der Waals surface area contributed by atoms with Crippen LogP contribution in [0.25, 0.3) is 10.8 Å². The summed E-state index contributed by atoms with van der Waals surface area (Å²) in [5, 5.41) is 8.06. The summed E-state index contributed by atoms with van der Waals surface area (Å²) in [4.78, 5) is 25.0. The lowest BCUT2D eigenvalue weighted by Crippen LogP contribution is -2.43. The van der Waals surface area contributed by atoms with Crippen LogP contribution in [0.15, 0.2) is 42.5 Å². The first kappa shape index (κ1) is 13.4. The monoisotopic (exact) mass is 283 g/mol. The molecule has 1 aliphatic heterocycles. The third-order valence-electron chi connectivity index (χ3n) is 3.63. The summed E-state index contributed by atoms with van der Waals surface area (Å²) in [7, 11) is 0. The summed E-state index contributed by atoms with van der Waals surface area (Å²) in [6, 6.07) is 13.2. The quantitative estimate of drug-likeness (QED) is 0.907. The van der Waals surface area contributed by atoms with Crippen molar-refractivity contribution in [1.82, 2.24) is 10.2 Å². The first-order valence-corrected chi connectivity index (χ1v) is 7.00. The number of hydrogen-bond donors (Lipinski definition) is 2. The van der Waals surface area contributed by atoms with Crippen LogP contribution in [0.3, 0.4) is 0 Å². The van der Waals surface area contributed by atoms with Crippen LogP contribution in [0.5, 0.6) is 0 Å². The largest absolute Gasteiger partial charge is 0.374 e. The average molecular weight is 283 g/mol. The molecule has 1 atom stereocenters. The van der Waals surface area contributed by atoms with Crippen molar-refractivity contribution in [2.75, 3.05) is 18.4 Å². The van der Waals surface area contributed by atoms with E-state index in [9.17, 15) is 9.59 Å². The molecule has 0 radical (unpaired) electrons. The number of imide groups is 1. The molecule has 3 rings (SSSR count). The molecule has 0 aromatic heterocycles. The van der Waals surface area contributed by atoms with E-state index in [4.69, 9.17) is 0 Å². The van der Waals surface area contributed by atoms with Gasteiger partial charge in [0.15, 0.2) is 0 Å². The van der Waals surface area contributed by atoms with Crippen LogP contribution in [-0.4, -0.2) is 36.0 Å². The molecule has 1 saturated heterocycles. The van der Waals surface area contributed by atoms with E-state index in [0.717, 1.165) is 16.5 Å². The molecule has 108 valence electrons. The Bertz CT molecular complexity index is 699. The van der Waals surface area contributed by atoms with Gasteiger partial charge < -0.3 is 10.6 Å². The summed E-state index contributed by atoms with van der Waals surface area (Å²) >= 11 is 0. The van der Waals surface area contributed by atoms with Gasteiger partial charge in [0.2, 0.25) is 0 Å². The highest BCUT2D eigenvalue weighted by atomic mass is 16.2. The molecule has 0 unspecified atom stereocenters. The van der Waals surface area contributed by atoms with Crippen molar-refractivity contribution in [3.8, 4) is 0 Å². The zero-order valence-electron chi connectivity index (χ0n) is 11.8. The molecule has 1 fully saturated rings. The Labute approximate surface area is 122 Å². The van der Waals surface area contributed by atoms with Crippen molar-refractivity contribution >= 4 is 28.4 Å². The third kappa shape index (κ3) is 2.67. The molecule has 0 saturated carbocycles. The second-order valence-corrected chi connectivity index (χ2v) is 5.15. The molecule has 2 aromatic rings. The highest BCUT2D eigenvalue weighted by Crippen LogP contribution is 2.19. The number of fused-ring (bicyclic) bond motifs is 1. The molecule has 0 aliphatic carbocycles. The average Bonchev–Trinajstić information content (AvgIpc) is 2.92. The van der Waals surface area contributed by atoms with E-state index in [-0.39, 0.29) is 11.9 Å². The van der Waals surface area contributed by atoms with Crippen LogP contribution >= 0.6 is 0 Å². The second kappa shape index (κ2) is 5.44. The summed E-state index contributed by atoms with van der Waals surface area (Å²) in [5.41, 5.74) is 0.870. The number of nitrogens with zero attached hydrogens (tertiary/aromatic N) is 1. The Kier molecular flexibility index (Phi) is 3.48. The fourth-order valence-electron chi connectivity index (χ4n) is 2.51. The minimum absolute atomic E-state index is 0.210. The van der Waals surface area contributed by atoms with E-state index in [1.807, 2.05) is 42.5 Å². The summed E-state index contributed by atoms with van der Waals surface area (Å²) < 4.78 is 0. The molecule has 1 heterocycles. The number of carbonyl (C=O) groups is 2. The van der Waals surface area contributed by atoms with Gasteiger partial charge in [-0.05, 0) is 29.8 Å². The molecule has 2 aromatic carbocycles. The van der Waals surface area contributed by atoms with E-state index >= 15 is 0 Å². The first-order chi connectivity index (χ1) is 10.1. The number of anilines is 1. The van der Waals surface area contributed by atoms with Gasteiger partial charge in [-0.15, -0.1) is 0 Å². The Balaban J connectivity index is 1.75. The van der Waals surface area contributed by atoms with Gasteiger partial charge in [-0.25, -0.2) is 4.79 Å². The van der Waals surface area contributed by atoms with Crippen molar-refractivity contribution in [3.63, 3.8) is 0 Å². The maximum absolute atomic E-state index is 12.2. The molecule has 0 bridgehead atoms. The van der Waals surface area contributed by atoms with E-state index in [1.165, 1.54) is 4.90 Å². The van der Waals surface area contributed by atoms with Crippen LogP contribution in [0, 0.1) is 0 Å². The Morgan fingerprint density at radius 2 is 2.00 bits per heavy atom. The molecular weight excluding hydrogens is 266 g/mol. The second-order valence-electron chi connectivity index (χ2n) is 5.15. The van der Waals surface area contributed by atoms with Crippen molar-refractivity contribution in [2.45, 2.75) is 13.0 Å². The topological polar surface area (TPSA) is 61.4 Å². The van der Waals surface area contributed by atoms with Crippen molar-refractivity contribution < 1.29 is 9.59 Å². The number of hydrogen-bond acceptors (Lipinski definition) is 3. The Hall–Kier alpha value is -2.56. The maximum Gasteiger partial charge on any atom is 0.324 e. The standard InChI is InChI=1S/C16H17N3O2/c1-11(15(20)19-9-8-17-16(19)21)18-14-7-6-12-4-2-3-5-13(12)10-14/h2-7,10-11,18H,8-9H2,1H3,(H,17,21)/t11-/m1/s1. The van der Waals surface area contributed by atoms with Gasteiger partial charge in [-0.2, -0.15) is 0 Å². The molecule has 21 heavy (non-hydrogen) atoms. The Morgan fingerprint density at radius 3 is 2.71 bits per heavy atom. The van der Waals surface area contributed by atoms with Crippen molar-refractivity contribution in [2.24, 2.45) is 0 Å². The lowest BCUT2D eigenvalue weighted by Gasteiger charge is -2.20. The molecule has 3 amide bonds. The molecule has 5 heteroatoms. The number of rotatable bonds is 3.